The molecule has 0 spiro atoms. The quantitative estimate of drug-likeness (QED) is 0.333. The van der Waals surface area contributed by atoms with Crippen molar-refractivity contribution in [3.05, 3.63) is 59.7 Å². The molecular weight excluding hydrogens is 465 g/mol. The number of benzene rings is 2. The van der Waals surface area contributed by atoms with E-state index in [4.69, 9.17) is 9.47 Å². The third-order valence-corrected chi connectivity index (χ3v) is 5.21. The Morgan fingerprint density at radius 1 is 1.00 bits per heavy atom. The molecule has 1 saturated carbocycles. The van der Waals surface area contributed by atoms with Crippen molar-refractivity contribution >= 4 is 29.9 Å². The van der Waals surface area contributed by atoms with Gasteiger partial charge in [-0.15, -0.1) is 24.0 Å². The summed E-state index contributed by atoms with van der Waals surface area (Å²) in [6, 6.07) is 16.5. The van der Waals surface area contributed by atoms with Gasteiger partial charge in [0.1, 0.15) is 11.5 Å². The van der Waals surface area contributed by atoms with Crippen molar-refractivity contribution in [2.45, 2.75) is 24.7 Å². The normalized spacial score (nSPS) is 14.6. The van der Waals surface area contributed by atoms with Gasteiger partial charge in [-0.05, 0) is 43.0 Å². The summed E-state index contributed by atoms with van der Waals surface area (Å²) in [5.41, 5.74) is 2.71. The minimum absolute atomic E-state index is 0. The Labute approximate surface area is 184 Å². The van der Waals surface area contributed by atoms with Gasteiger partial charge in [-0.2, -0.15) is 0 Å². The van der Waals surface area contributed by atoms with Gasteiger partial charge in [0, 0.05) is 31.1 Å². The number of halogens is 1. The number of aliphatic imine (C=N–C) groups is 1. The first-order valence-corrected chi connectivity index (χ1v) is 9.42. The average molecular weight is 495 g/mol. The Morgan fingerprint density at radius 2 is 1.71 bits per heavy atom. The zero-order valence-corrected chi connectivity index (χ0v) is 19.2. The van der Waals surface area contributed by atoms with Crippen molar-refractivity contribution < 1.29 is 9.47 Å². The van der Waals surface area contributed by atoms with E-state index in [2.05, 4.69) is 39.9 Å². The summed E-state index contributed by atoms with van der Waals surface area (Å²) in [6.07, 6.45) is 3.27. The van der Waals surface area contributed by atoms with Crippen LogP contribution in [0.25, 0.3) is 0 Å². The van der Waals surface area contributed by atoms with Gasteiger partial charge in [0.05, 0.1) is 14.2 Å². The van der Waals surface area contributed by atoms with E-state index in [-0.39, 0.29) is 29.4 Å². The van der Waals surface area contributed by atoms with Crippen molar-refractivity contribution in [1.29, 1.82) is 0 Å². The van der Waals surface area contributed by atoms with Crippen molar-refractivity contribution in [2.24, 2.45) is 4.99 Å². The first-order valence-electron chi connectivity index (χ1n) is 9.42. The molecule has 0 radical (unpaired) electrons. The summed E-state index contributed by atoms with van der Waals surface area (Å²) in [6.45, 7) is 1.68. The summed E-state index contributed by atoms with van der Waals surface area (Å²) >= 11 is 0. The number of para-hydroxylation sites is 1. The smallest absolute Gasteiger partial charge is 0.191 e. The van der Waals surface area contributed by atoms with E-state index >= 15 is 0 Å². The van der Waals surface area contributed by atoms with Crippen molar-refractivity contribution in [3.63, 3.8) is 0 Å². The highest BCUT2D eigenvalue weighted by Crippen LogP contribution is 2.50. The molecular formula is C22H30IN3O2. The van der Waals surface area contributed by atoms with Crippen LogP contribution in [0.3, 0.4) is 0 Å². The van der Waals surface area contributed by atoms with E-state index in [0.717, 1.165) is 37.0 Å². The average Bonchev–Trinajstić information content (AvgIpc) is 3.52. The number of rotatable bonds is 8. The summed E-state index contributed by atoms with van der Waals surface area (Å²) in [4.78, 5) is 4.36. The van der Waals surface area contributed by atoms with Gasteiger partial charge in [-0.25, -0.2) is 0 Å². The lowest BCUT2D eigenvalue weighted by atomic mass is 9.95. The SMILES string of the molecule is CN=C(NCCc1ccc(OC)cc1)NCC1(c2ccccc2OC)CC1.I. The second-order valence-corrected chi connectivity index (χ2v) is 6.93. The number of ether oxygens (including phenoxy) is 2. The predicted octanol–water partition coefficient (Wildman–Crippen LogP) is 3.76. The maximum atomic E-state index is 5.55. The molecule has 0 heterocycles. The molecule has 6 heteroatoms. The molecule has 2 aromatic carbocycles. The molecule has 3 rings (SSSR count). The molecule has 0 atom stereocenters. The molecule has 2 aromatic rings. The number of nitrogens with one attached hydrogen (secondary N) is 2. The molecule has 0 amide bonds. The number of guanidine groups is 1. The predicted molar refractivity (Wildman–Crippen MR) is 125 cm³/mol. The zero-order valence-electron chi connectivity index (χ0n) is 16.8. The second-order valence-electron chi connectivity index (χ2n) is 6.93. The number of methoxy groups -OCH3 is 2. The van der Waals surface area contributed by atoms with E-state index in [1.54, 1.807) is 14.2 Å². The molecule has 152 valence electrons. The zero-order chi connectivity index (χ0) is 19.1. The van der Waals surface area contributed by atoms with E-state index < -0.39 is 0 Å². The monoisotopic (exact) mass is 495 g/mol. The highest BCUT2D eigenvalue weighted by atomic mass is 127. The fourth-order valence-electron chi connectivity index (χ4n) is 3.37. The maximum absolute atomic E-state index is 5.55. The van der Waals surface area contributed by atoms with Crippen molar-refractivity contribution in [3.8, 4) is 11.5 Å². The van der Waals surface area contributed by atoms with E-state index in [1.807, 2.05) is 31.3 Å². The van der Waals surface area contributed by atoms with Crippen LogP contribution in [0.5, 0.6) is 11.5 Å². The first kappa shape index (κ1) is 22.3. The van der Waals surface area contributed by atoms with Crippen LogP contribution in [0.2, 0.25) is 0 Å². The Balaban J connectivity index is 0.00000280. The standard InChI is InChI=1S/C22H29N3O2.HI/c1-23-21(24-15-12-17-8-10-18(26-2)11-9-17)25-16-22(13-14-22)19-6-4-5-7-20(19)27-3;/h4-11H,12-16H2,1-3H3,(H2,23,24,25);1H. The molecule has 0 saturated heterocycles. The lowest BCUT2D eigenvalue weighted by molar-refractivity contribution is 0.403. The minimum Gasteiger partial charge on any atom is -0.497 e. The number of hydrogen-bond acceptors (Lipinski definition) is 3. The molecule has 0 bridgehead atoms. The fourth-order valence-corrected chi connectivity index (χ4v) is 3.37. The summed E-state index contributed by atoms with van der Waals surface area (Å²) in [5, 5.41) is 6.89. The summed E-state index contributed by atoms with van der Waals surface area (Å²) in [5.74, 6) is 2.69. The van der Waals surface area contributed by atoms with Crippen LogP contribution in [-0.4, -0.2) is 40.3 Å². The van der Waals surface area contributed by atoms with Crippen LogP contribution in [0.15, 0.2) is 53.5 Å². The second kappa shape index (κ2) is 10.5. The third kappa shape index (κ3) is 5.53. The van der Waals surface area contributed by atoms with Gasteiger partial charge < -0.3 is 20.1 Å². The van der Waals surface area contributed by atoms with Gasteiger partial charge in [-0.1, -0.05) is 30.3 Å². The van der Waals surface area contributed by atoms with Crippen molar-refractivity contribution in [1.82, 2.24) is 10.6 Å². The van der Waals surface area contributed by atoms with Gasteiger partial charge >= 0.3 is 0 Å². The Morgan fingerprint density at radius 3 is 2.32 bits per heavy atom. The molecule has 5 nitrogen and oxygen atoms in total. The Kier molecular flexibility index (Phi) is 8.41. The van der Waals surface area contributed by atoms with Gasteiger partial charge in [-0.3, -0.25) is 4.99 Å². The summed E-state index contributed by atoms with van der Waals surface area (Å²) in [7, 11) is 5.23. The topological polar surface area (TPSA) is 54.9 Å². The van der Waals surface area contributed by atoms with E-state index in [1.165, 1.54) is 24.0 Å². The fraction of sp³-hybridized carbons (Fsp3) is 0.409. The summed E-state index contributed by atoms with van der Waals surface area (Å²) < 4.78 is 10.8. The maximum Gasteiger partial charge on any atom is 0.191 e. The molecule has 1 aliphatic rings. The molecule has 1 aliphatic carbocycles. The lowest BCUT2D eigenvalue weighted by Crippen LogP contribution is -2.42. The van der Waals surface area contributed by atoms with Crippen LogP contribution in [0.1, 0.15) is 24.0 Å². The molecule has 0 unspecified atom stereocenters. The van der Waals surface area contributed by atoms with E-state index in [0.29, 0.717) is 0 Å². The van der Waals surface area contributed by atoms with E-state index in [9.17, 15) is 0 Å². The highest BCUT2D eigenvalue weighted by Gasteiger charge is 2.46. The lowest BCUT2D eigenvalue weighted by Gasteiger charge is -2.21. The van der Waals surface area contributed by atoms with Crippen LogP contribution < -0.4 is 20.1 Å². The Bertz CT molecular complexity index is 774. The minimum atomic E-state index is 0. The number of hydrogen-bond donors (Lipinski definition) is 2. The van der Waals surface area contributed by atoms with Crippen LogP contribution in [0.4, 0.5) is 0 Å². The molecule has 2 N–H and O–H groups in total. The highest BCUT2D eigenvalue weighted by molar-refractivity contribution is 14.0. The first-order chi connectivity index (χ1) is 13.2. The van der Waals surface area contributed by atoms with Crippen LogP contribution in [-0.2, 0) is 11.8 Å². The molecule has 0 aliphatic heterocycles. The number of nitrogens with zero attached hydrogens (tertiary/aromatic N) is 1. The van der Waals surface area contributed by atoms with Crippen molar-refractivity contribution in [2.75, 3.05) is 34.4 Å². The van der Waals surface area contributed by atoms with Gasteiger partial charge in [0.25, 0.3) is 0 Å². The largest absolute Gasteiger partial charge is 0.497 e. The van der Waals surface area contributed by atoms with Crippen LogP contribution >= 0.6 is 24.0 Å². The van der Waals surface area contributed by atoms with Crippen LogP contribution in [0, 0.1) is 0 Å². The Hall–Kier alpha value is -1.96. The van der Waals surface area contributed by atoms with Gasteiger partial charge in [0.15, 0.2) is 5.96 Å². The molecule has 28 heavy (non-hydrogen) atoms. The van der Waals surface area contributed by atoms with Gasteiger partial charge in [0.2, 0.25) is 0 Å². The molecule has 1 fully saturated rings. The third-order valence-electron chi connectivity index (χ3n) is 5.21. The molecule has 0 aromatic heterocycles.